The third kappa shape index (κ3) is 5.00. The van der Waals surface area contributed by atoms with Gasteiger partial charge < -0.3 is 15.8 Å². The molecule has 1 amide bonds. The number of methoxy groups -OCH3 is 1. The van der Waals surface area contributed by atoms with Crippen LogP contribution in [0.15, 0.2) is 23.1 Å². The molecule has 0 saturated heterocycles. The lowest BCUT2D eigenvalue weighted by atomic mass is 10.2. The molecule has 8 heteroatoms. The van der Waals surface area contributed by atoms with Crippen LogP contribution in [-0.4, -0.2) is 40.1 Å². The van der Waals surface area contributed by atoms with Crippen molar-refractivity contribution in [2.45, 2.75) is 43.2 Å². The largest absolute Gasteiger partial charge is 0.380 e. The maximum absolute atomic E-state index is 12.4. The van der Waals surface area contributed by atoms with E-state index in [0.717, 1.165) is 12.8 Å². The Morgan fingerprint density at radius 2 is 2.13 bits per heavy atom. The summed E-state index contributed by atoms with van der Waals surface area (Å²) in [6, 6.07) is 4.86. The molecule has 1 aliphatic rings. The van der Waals surface area contributed by atoms with Crippen molar-refractivity contribution in [3.05, 3.63) is 23.8 Å². The normalized spacial score (nSPS) is 16.1. The number of nitrogens with one attached hydrogen (secondary N) is 2. The number of hydrogen-bond donors (Lipinski definition) is 3. The van der Waals surface area contributed by atoms with Crippen LogP contribution in [-0.2, 0) is 19.6 Å². The van der Waals surface area contributed by atoms with Gasteiger partial charge in [0.25, 0.3) is 0 Å². The number of carbonyl (C=O) groups is 1. The van der Waals surface area contributed by atoms with Gasteiger partial charge in [0.2, 0.25) is 15.9 Å². The van der Waals surface area contributed by atoms with E-state index >= 15 is 0 Å². The third-order valence-corrected chi connectivity index (χ3v) is 5.33. The molecule has 1 unspecified atom stereocenters. The van der Waals surface area contributed by atoms with Crippen molar-refractivity contribution in [2.75, 3.05) is 19.0 Å². The maximum Gasteiger partial charge on any atom is 0.241 e. The van der Waals surface area contributed by atoms with Crippen molar-refractivity contribution in [1.82, 2.24) is 4.72 Å². The minimum Gasteiger partial charge on any atom is -0.380 e. The molecule has 7 nitrogen and oxygen atoms in total. The Balaban J connectivity index is 2.12. The van der Waals surface area contributed by atoms with Gasteiger partial charge in [0.05, 0.1) is 17.4 Å². The summed E-state index contributed by atoms with van der Waals surface area (Å²) in [5.41, 5.74) is 6.55. The first-order valence-electron chi connectivity index (χ1n) is 7.51. The first-order valence-corrected chi connectivity index (χ1v) is 8.99. The molecule has 0 spiro atoms. The molecule has 1 aromatic rings. The number of aryl methyl sites for hydroxylation is 1. The summed E-state index contributed by atoms with van der Waals surface area (Å²) in [6.07, 6.45) is 1.49. The Morgan fingerprint density at radius 3 is 2.70 bits per heavy atom. The molecule has 128 valence electrons. The van der Waals surface area contributed by atoms with E-state index in [1.165, 1.54) is 13.2 Å². The van der Waals surface area contributed by atoms with E-state index in [-0.39, 0.29) is 35.9 Å². The number of sulfonamides is 1. The first kappa shape index (κ1) is 17.9. The van der Waals surface area contributed by atoms with Crippen molar-refractivity contribution >= 4 is 21.6 Å². The van der Waals surface area contributed by atoms with Crippen LogP contribution in [0.25, 0.3) is 0 Å². The van der Waals surface area contributed by atoms with E-state index in [0.29, 0.717) is 11.3 Å². The second-order valence-electron chi connectivity index (χ2n) is 5.72. The summed E-state index contributed by atoms with van der Waals surface area (Å²) in [4.78, 5) is 12.1. The van der Waals surface area contributed by atoms with Crippen LogP contribution in [0.5, 0.6) is 0 Å². The lowest BCUT2D eigenvalue weighted by Crippen LogP contribution is -2.28. The highest BCUT2D eigenvalue weighted by atomic mass is 32.2. The molecule has 1 aliphatic carbocycles. The Hall–Kier alpha value is -1.48. The molecule has 1 atom stereocenters. The molecule has 4 N–H and O–H groups in total. The monoisotopic (exact) mass is 341 g/mol. The average molecular weight is 341 g/mol. The van der Waals surface area contributed by atoms with E-state index in [1.54, 1.807) is 19.1 Å². The molecule has 0 aromatic heterocycles. The zero-order valence-corrected chi connectivity index (χ0v) is 14.2. The van der Waals surface area contributed by atoms with Crippen molar-refractivity contribution in [3.8, 4) is 0 Å². The number of hydrogen-bond acceptors (Lipinski definition) is 5. The fourth-order valence-corrected chi connectivity index (χ4v) is 3.71. The smallest absolute Gasteiger partial charge is 0.241 e. The van der Waals surface area contributed by atoms with Crippen molar-refractivity contribution in [2.24, 2.45) is 5.73 Å². The van der Waals surface area contributed by atoms with E-state index in [1.807, 2.05) is 0 Å². The van der Waals surface area contributed by atoms with Crippen LogP contribution >= 0.6 is 0 Å². The SMILES string of the molecule is COC(CN)CC(=O)Nc1ccc(C)c(S(=O)(=O)NC2CC2)c1. The lowest BCUT2D eigenvalue weighted by molar-refractivity contribution is -0.118. The molecule has 1 fully saturated rings. The lowest BCUT2D eigenvalue weighted by Gasteiger charge is -2.14. The molecule has 2 rings (SSSR count). The van der Waals surface area contributed by atoms with Crippen molar-refractivity contribution in [3.63, 3.8) is 0 Å². The third-order valence-electron chi connectivity index (χ3n) is 3.67. The molecule has 0 aliphatic heterocycles. The fourth-order valence-electron chi connectivity index (χ4n) is 2.13. The van der Waals surface area contributed by atoms with Gasteiger partial charge >= 0.3 is 0 Å². The number of nitrogens with two attached hydrogens (primary N) is 1. The molecule has 1 aromatic carbocycles. The second kappa shape index (κ2) is 7.39. The van der Waals surface area contributed by atoms with E-state index in [4.69, 9.17) is 10.5 Å². The molecule has 0 radical (unpaired) electrons. The van der Waals surface area contributed by atoms with Crippen LogP contribution in [0.3, 0.4) is 0 Å². The van der Waals surface area contributed by atoms with Crippen LogP contribution < -0.4 is 15.8 Å². The minimum atomic E-state index is -3.56. The highest BCUT2D eigenvalue weighted by molar-refractivity contribution is 7.89. The van der Waals surface area contributed by atoms with Crippen molar-refractivity contribution < 1.29 is 17.9 Å². The van der Waals surface area contributed by atoms with E-state index < -0.39 is 10.0 Å². The van der Waals surface area contributed by atoms with Crippen LogP contribution in [0.4, 0.5) is 5.69 Å². The number of benzene rings is 1. The first-order chi connectivity index (χ1) is 10.9. The summed E-state index contributed by atoms with van der Waals surface area (Å²) in [5, 5.41) is 2.68. The molecule has 0 heterocycles. The highest BCUT2D eigenvalue weighted by Gasteiger charge is 2.29. The van der Waals surface area contributed by atoms with Gasteiger partial charge in [-0.15, -0.1) is 0 Å². The van der Waals surface area contributed by atoms with Crippen LogP contribution in [0.2, 0.25) is 0 Å². The molecule has 0 bridgehead atoms. The summed E-state index contributed by atoms with van der Waals surface area (Å²) in [5.74, 6) is -0.273. The standard InChI is InChI=1S/C15H23N3O4S/c1-10-3-4-12(17-15(19)8-13(9-16)22-2)7-14(10)23(20,21)18-11-5-6-11/h3-4,7,11,13,18H,5-6,8-9,16H2,1-2H3,(H,17,19). The van der Waals surface area contributed by atoms with Gasteiger partial charge in [-0.05, 0) is 37.5 Å². The van der Waals surface area contributed by atoms with Crippen molar-refractivity contribution in [1.29, 1.82) is 0 Å². The number of amides is 1. The second-order valence-corrected chi connectivity index (χ2v) is 7.40. The summed E-state index contributed by atoms with van der Waals surface area (Å²) in [7, 11) is -2.07. The summed E-state index contributed by atoms with van der Waals surface area (Å²) < 4.78 is 32.4. The van der Waals surface area contributed by atoms with Gasteiger partial charge in [-0.1, -0.05) is 6.07 Å². The Morgan fingerprint density at radius 1 is 1.43 bits per heavy atom. The average Bonchev–Trinajstić information content (AvgIpc) is 3.29. The fraction of sp³-hybridized carbons (Fsp3) is 0.533. The molecule has 1 saturated carbocycles. The Bertz CT molecular complexity index is 667. The summed E-state index contributed by atoms with van der Waals surface area (Å²) >= 11 is 0. The zero-order valence-electron chi connectivity index (χ0n) is 13.3. The maximum atomic E-state index is 12.4. The van der Waals surface area contributed by atoms with E-state index in [2.05, 4.69) is 10.0 Å². The number of carbonyl (C=O) groups excluding carboxylic acids is 1. The summed E-state index contributed by atoms with van der Waals surface area (Å²) in [6.45, 7) is 1.96. The highest BCUT2D eigenvalue weighted by Crippen LogP contribution is 2.25. The molecular weight excluding hydrogens is 318 g/mol. The van der Waals surface area contributed by atoms with E-state index in [9.17, 15) is 13.2 Å². The van der Waals surface area contributed by atoms with Crippen LogP contribution in [0.1, 0.15) is 24.8 Å². The van der Waals surface area contributed by atoms with Gasteiger partial charge in [-0.25, -0.2) is 13.1 Å². The van der Waals surface area contributed by atoms with Crippen LogP contribution in [0, 0.1) is 6.92 Å². The predicted molar refractivity (Wildman–Crippen MR) is 87.6 cm³/mol. The van der Waals surface area contributed by atoms with Gasteiger partial charge in [-0.3, -0.25) is 4.79 Å². The number of rotatable bonds is 8. The minimum absolute atomic E-state index is 0.0321. The van der Waals surface area contributed by atoms with Gasteiger partial charge in [0.15, 0.2) is 0 Å². The van der Waals surface area contributed by atoms with Gasteiger partial charge in [-0.2, -0.15) is 0 Å². The quantitative estimate of drug-likeness (QED) is 0.646. The number of ether oxygens (including phenoxy) is 1. The molecular formula is C15H23N3O4S. The Kier molecular flexibility index (Phi) is 5.74. The molecule has 23 heavy (non-hydrogen) atoms. The zero-order chi connectivity index (χ0) is 17.0. The van der Waals surface area contributed by atoms with Gasteiger partial charge in [0.1, 0.15) is 0 Å². The topological polar surface area (TPSA) is 111 Å². The predicted octanol–water partition coefficient (Wildman–Crippen LogP) is 0.738. The Labute approximate surface area is 136 Å². The number of anilines is 1. The van der Waals surface area contributed by atoms with Gasteiger partial charge in [0, 0.05) is 25.4 Å².